The van der Waals surface area contributed by atoms with Crippen molar-refractivity contribution >= 4 is 34.0 Å². The Morgan fingerprint density at radius 3 is 3.17 bits per heavy atom. The first-order valence-corrected chi connectivity index (χ1v) is 6.58. The number of esters is 1. The van der Waals surface area contributed by atoms with Crippen LogP contribution in [0.2, 0.25) is 5.15 Å². The van der Waals surface area contributed by atoms with Crippen LogP contribution < -0.4 is 5.32 Å². The summed E-state index contributed by atoms with van der Waals surface area (Å²) in [6.07, 6.45) is -0.0111. The second-order valence-corrected chi connectivity index (χ2v) is 4.94. The Morgan fingerprint density at radius 2 is 2.50 bits per heavy atom. The Bertz CT molecular complexity index is 420. The van der Waals surface area contributed by atoms with Crippen molar-refractivity contribution in [1.82, 2.24) is 4.98 Å². The molecule has 2 heterocycles. The molecule has 1 aromatic rings. The first-order valence-electron chi connectivity index (χ1n) is 5.38. The number of aromatic nitrogens is 1. The zero-order valence-corrected chi connectivity index (χ0v) is 11.3. The van der Waals surface area contributed by atoms with Crippen molar-refractivity contribution in [2.75, 3.05) is 38.8 Å². The highest BCUT2D eigenvalue weighted by Crippen LogP contribution is 2.27. The van der Waals surface area contributed by atoms with Crippen molar-refractivity contribution in [3.63, 3.8) is 0 Å². The predicted molar refractivity (Wildman–Crippen MR) is 67.5 cm³/mol. The number of thiazole rings is 1. The van der Waals surface area contributed by atoms with Gasteiger partial charge in [-0.25, -0.2) is 9.78 Å². The Hall–Kier alpha value is -0.890. The molecule has 1 unspecified atom stereocenters. The third-order valence-corrected chi connectivity index (χ3v) is 3.70. The minimum Gasteiger partial charge on any atom is -0.465 e. The van der Waals surface area contributed by atoms with Crippen LogP contribution >= 0.6 is 22.9 Å². The number of nitrogens with zero attached hydrogens (tertiary/aromatic N) is 1. The van der Waals surface area contributed by atoms with Crippen LogP contribution in [0, 0.1) is 0 Å². The molecule has 0 aromatic carbocycles. The molecule has 0 aliphatic carbocycles. The van der Waals surface area contributed by atoms with E-state index in [4.69, 9.17) is 21.1 Å². The molecule has 8 heteroatoms. The molecule has 1 saturated heterocycles. The molecular weight excluding hydrogens is 280 g/mol. The van der Waals surface area contributed by atoms with E-state index in [0.29, 0.717) is 36.4 Å². The fraction of sp³-hybridized carbons (Fsp3) is 0.600. The van der Waals surface area contributed by atoms with Crippen LogP contribution in [0.1, 0.15) is 9.67 Å². The van der Waals surface area contributed by atoms with Crippen LogP contribution in [0.3, 0.4) is 0 Å². The van der Waals surface area contributed by atoms with E-state index in [9.17, 15) is 4.79 Å². The lowest BCUT2D eigenvalue weighted by atomic mass is 10.3. The summed E-state index contributed by atoms with van der Waals surface area (Å²) in [5.74, 6) is -0.484. The van der Waals surface area contributed by atoms with E-state index in [1.54, 1.807) is 0 Å². The van der Waals surface area contributed by atoms with Gasteiger partial charge in [0.05, 0.1) is 33.0 Å². The number of carbonyl (C=O) groups is 1. The number of hydrogen-bond acceptors (Lipinski definition) is 7. The Morgan fingerprint density at radius 1 is 1.67 bits per heavy atom. The van der Waals surface area contributed by atoms with Crippen LogP contribution in [0.15, 0.2) is 0 Å². The largest absolute Gasteiger partial charge is 0.465 e. The van der Waals surface area contributed by atoms with Gasteiger partial charge in [0.1, 0.15) is 0 Å². The maximum absolute atomic E-state index is 11.3. The van der Waals surface area contributed by atoms with Gasteiger partial charge in [-0.15, -0.1) is 0 Å². The standard InChI is InChI=1S/C10H13ClN2O4S/c1-15-9(14)7-8(11)13-10(18-7)12-4-6-5-16-2-3-17-6/h6H,2-5H2,1H3,(H,12,13). The topological polar surface area (TPSA) is 69.7 Å². The van der Waals surface area contributed by atoms with E-state index in [0.717, 1.165) is 11.3 Å². The Kier molecular flexibility index (Phi) is 4.76. The van der Waals surface area contributed by atoms with Gasteiger partial charge in [-0.05, 0) is 0 Å². The second-order valence-electron chi connectivity index (χ2n) is 3.58. The summed E-state index contributed by atoms with van der Waals surface area (Å²) in [7, 11) is 1.30. The van der Waals surface area contributed by atoms with Crippen molar-refractivity contribution in [3.8, 4) is 0 Å². The van der Waals surface area contributed by atoms with Crippen LogP contribution in [-0.4, -0.2) is 50.5 Å². The van der Waals surface area contributed by atoms with E-state index in [-0.39, 0.29) is 11.3 Å². The third kappa shape index (κ3) is 3.32. The van der Waals surface area contributed by atoms with E-state index < -0.39 is 5.97 Å². The number of rotatable bonds is 4. The van der Waals surface area contributed by atoms with Gasteiger partial charge in [-0.2, -0.15) is 0 Å². The predicted octanol–water partition coefficient (Wildman–Crippen LogP) is 1.41. The van der Waals surface area contributed by atoms with E-state index in [2.05, 4.69) is 15.0 Å². The molecule has 0 spiro atoms. The van der Waals surface area contributed by atoms with Crippen LogP contribution in [0.5, 0.6) is 0 Å². The fourth-order valence-corrected chi connectivity index (χ4v) is 2.56. The molecule has 100 valence electrons. The molecule has 0 amide bonds. The van der Waals surface area contributed by atoms with Crippen LogP contribution in [0.25, 0.3) is 0 Å². The lowest BCUT2D eigenvalue weighted by Gasteiger charge is -2.22. The highest BCUT2D eigenvalue weighted by atomic mass is 35.5. The molecule has 1 N–H and O–H groups in total. The van der Waals surface area contributed by atoms with Gasteiger partial charge in [-0.1, -0.05) is 22.9 Å². The van der Waals surface area contributed by atoms with Gasteiger partial charge >= 0.3 is 5.97 Å². The maximum atomic E-state index is 11.3. The summed E-state index contributed by atoms with van der Waals surface area (Å²) < 4.78 is 15.3. The minimum absolute atomic E-state index is 0.0111. The number of carbonyl (C=O) groups excluding carboxylic acids is 1. The molecule has 1 aromatic heterocycles. The molecule has 0 radical (unpaired) electrons. The number of hydrogen-bond donors (Lipinski definition) is 1. The number of anilines is 1. The molecule has 2 rings (SSSR count). The highest BCUT2D eigenvalue weighted by molar-refractivity contribution is 7.18. The summed E-state index contributed by atoms with van der Waals surface area (Å²) in [6, 6.07) is 0. The molecule has 1 aliphatic rings. The Balaban J connectivity index is 1.91. The number of ether oxygens (including phenoxy) is 3. The lowest BCUT2D eigenvalue weighted by molar-refractivity contribution is -0.0818. The van der Waals surface area contributed by atoms with Gasteiger partial charge in [0.15, 0.2) is 15.2 Å². The normalized spacial score (nSPS) is 19.6. The third-order valence-electron chi connectivity index (χ3n) is 2.32. The summed E-state index contributed by atoms with van der Waals surface area (Å²) in [6.45, 7) is 2.34. The van der Waals surface area contributed by atoms with Crippen molar-refractivity contribution < 1.29 is 19.0 Å². The Labute approximate surface area is 113 Å². The molecule has 6 nitrogen and oxygen atoms in total. The minimum atomic E-state index is -0.484. The van der Waals surface area contributed by atoms with Crippen molar-refractivity contribution in [2.45, 2.75) is 6.10 Å². The molecule has 1 atom stereocenters. The van der Waals surface area contributed by atoms with Crippen LogP contribution in [-0.2, 0) is 14.2 Å². The van der Waals surface area contributed by atoms with Gasteiger partial charge in [-0.3, -0.25) is 0 Å². The smallest absolute Gasteiger partial charge is 0.351 e. The van der Waals surface area contributed by atoms with Crippen molar-refractivity contribution in [2.24, 2.45) is 0 Å². The summed E-state index contributed by atoms with van der Waals surface area (Å²) in [5, 5.41) is 3.78. The average Bonchev–Trinajstić information content (AvgIpc) is 2.78. The SMILES string of the molecule is COC(=O)c1sc(NCC2COCCO2)nc1Cl. The number of methoxy groups -OCH3 is 1. The van der Waals surface area contributed by atoms with Gasteiger partial charge in [0, 0.05) is 6.54 Å². The fourth-order valence-electron chi connectivity index (χ4n) is 1.45. The molecule has 0 saturated carbocycles. The summed E-state index contributed by atoms with van der Waals surface area (Å²) in [5.41, 5.74) is 0. The van der Waals surface area contributed by atoms with E-state index in [1.165, 1.54) is 7.11 Å². The van der Waals surface area contributed by atoms with Gasteiger partial charge in [0.25, 0.3) is 0 Å². The second kappa shape index (κ2) is 6.33. The summed E-state index contributed by atoms with van der Waals surface area (Å²) in [4.78, 5) is 15.7. The zero-order chi connectivity index (χ0) is 13.0. The van der Waals surface area contributed by atoms with E-state index in [1.807, 2.05) is 0 Å². The average molecular weight is 293 g/mol. The molecule has 18 heavy (non-hydrogen) atoms. The molecule has 1 fully saturated rings. The van der Waals surface area contributed by atoms with Gasteiger partial charge in [0.2, 0.25) is 0 Å². The van der Waals surface area contributed by atoms with E-state index >= 15 is 0 Å². The molecule has 0 bridgehead atoms. The quantitative estimate of drug-likeness (QED) is 0.846. The first-order chi connectivity index (χ1) is 8.70. The highest BCUT2D eigenvalue weighted by Gasteiger charge is 2.19. The van der Waals surface area contributed by atoms with Gasteiger partial charge < -0.3 is 19.5 Å². The maximum Gasteiger partial charge on any atom is 0.351 e. The lowest BCUT2D eigenvalue weighted by Crippen LogP contribution is -2.34. The zero-order valence-electron chi connectivity index (χ0n) is 9.77. The first kappa shape index (κ1) is 13.5. The molecule has 1 aliphatic heterocycles. The summed E-state index contributed by atoms with van der Waals surface area (Å²) >= 11 is 7.00. The molecular formula is C10H13ClN2O4S. The number of halogens is 1. The van der Waals surface area contributed by atoms with Crippen molar-refractivity contribution in [3.05, 3.63) is 10.0 Å². The monoisotopic (exact) mass is 292 g/mol. The number of nitrogens with one attached hydrogen (secondary N) is 1. The van der Waals surface area contributed by atoms with Crippen LogP contribution in [0.4, 0.5) is 5.13 Å². The van der Waals surface area contributed by atoms with Crippen molar-refractivity contribution in [1.29, 1.82) is 0 Å².